The summed E-state index contributed by atoms with van der Waals surface area (Å²) < 4.78 is 53.0. The van der Waals surface area contributed by atoms with Gasteiger partial charge >= 0.3 is 12.1 Å². The number of halogens is 5. The molecule has 1 amide bonds. The third-order valence-electron chi connectivity index (χ3n) is 6.40. The molecule has 212 valence electrons. The number of amides is 1. The highest BCUT2D eigenvalue weighted by Crippen LogP contribution is 2.43. The fourth-order valence-electron chi connectivity index (χ4n) is 4.13. The van der Waals surface area contributed by atoms with Crippen molar-refractivity contribution in [2.45, 2.75) is 38.0 Å². The Hall–Kier alpha value is -4.09. The molecule has 8 nitrogen and oxygen atoms in total. The van der Waals surface area contributed by atoms with E-state index in [4.69, 9.17) is 37.6 Å². The van der Waals surface area contributed by atoms with Crippen LogP contribution in [0.5, 0.6) is 5.88 Å². The van der Waals surface area contributed by atoms with E-state index in [-0.39, 0.29) is 36.0 Å². The van der Waals surface area contributed by atoms with Crippen molar-refractivity contribution in [1.29, 1.82) is 0 Å². The van der Waals surface area contributed by atoms with Crippen LogP contribution >= 0.6 is 23.2 Å². The lowest BCUT2D eigenvalue weighted by molar-refractivity contribution is -0.140. The molecule has 0 spiro atoms. The third kappa shape index (κ3) is 6.47. The van der Waals surface area contributed by atoms with Crippen LogP contribution in [0.1, 0.15) is 67.8 Å². The van der Waals surface area contributed by atoms with Crippen LogP contribution in [-0.2, 0) is 19.2 Å². The van der Waals surface area contributed by atoms with Gasteiger partial charge in [-0.3, -0.25) is 4.79 Å². The topological polar surface area (TPSA) is 115 Å². The Morgan fingerprint density at radius 3 is 2.27 bits per heavy atom. The van der Waals surface area contributed by atoms with E-state index in [1.807, 2.05) is 0 Å². The quantitative estimate of drug-likeness (QED) is 0.204. The Bertz CT molecular complexity index is 1600. The number of nitrogens with one attached hydrogen (secondary N) is 1. The zero-order valence-corrected chi connectivity index (χ0v) is 22.5. The molecule has 2 aromatic heterocycles. The number of aromatic carboxylic acids is 1. The molecule has 41 heavy (non-hydrogen) atoms. The second-order valence-corrected chi connectivity index (χ2v) is 10.1. The summed E-state index contributed by atoms with van der Waals surface area (Å²) in [5.41, 5.74) is -0.345. The molecule has 0 bridgehead atoms. The number of anilines is 1. The Kier molecular flexibility index (Phi) is 7.92. The minimum Gasteiger partial charge on any atom is -0.478 e. The van der Waals surface area contributed by atoms with E-state index in [2.05, 4.69) is 15.5 Å². The van der Waals surface area contributed by atoms with Crippen LogP contribution in [0, 0.1) is 0 Å². The van der Waals surface area contributed by atoms with Crippen molar-refractivity contribution in [3.8, 4) is 5.88 Å². The fourth-order valence-corrected chi connectivity index (χ4v) is 4.66. The molecule has 0 unspecified atom stereocenters. The lowest BCUT2D eigenvalue weighted by atomic mass is 10.0. The van der Waals surface area contributed by atoms with Gasteiger partial charge in [-0.1, -0.05) is 34.4 Å². The summed E-state index contributed by atoms with van der Waals surface area (Å²) in [7, 11) is 0. The number of carbonyl (C=O) groups excluding carboxylic acids is 1. The van der Waals surface area contributed by atoms with Crippen molar-refractivity contribution in [3.05, 3.63) is 104 Å². The average Bonchev–Trinajstić information content (AvgIpc) is 3.70. The number of hydrogen-bond donors (Lipinski definition) is 2. The summed E-state index contributed by atoms with van der Waals surface area (Å²) in [5.74, 6) is -1.67. The largest absolute Gasteiger partial charge is 0.478 e. The first-order valence-electron chi connectivity index (χ1n) is 12.3. The molecule has 4 aromatic rings. The fraction of sp³-hybridized carbons (Fsp3) is 0.214. The predicted octanol–water partition coefficient (Wildman–Crippen LogP) is 7.39. The molecule has 2 N–H and O–H groups in total. The predicted molar refractivity (Wildman–Crippen MR) is 143 cm³/mol. The van der Waals surface area contributed by atoms with Gasteiger partial charge in [0.25, 0.3) is 5.91 Å². The number of alkyl halides is 3. The van der Waals surface area contributed by atoms with Crippen LogP contribution in [0.25, 0.3) is 0 Å². The number of benzene rings is 2. The van der Waals surface area contributed by atoms with Crippen molar-refractivity contribution in [3.63, 3.8) is 0 Å². The van der Waals surface area contributed by atoms with E-state index < -0.39 is 29.4 Å². The minimum absolute atomic E-state index is 0.0327. The second kappa shape index (κ2) is 11.4. The molecule has 1 saturated carbocycles. The summed E-state index contributed by atoms with van der Waals surface area (Å²) in [4.78, 5) is 27.2. The number of pyridine rings is 1. The lowest BCUT2D eigenvalue weighted by Gasteiger charge is -2.15. The van der Waals surface area contributed by atoms with Crippen molar-refractivity contribution in [2.24, 2.45) is 0 Å². The first-order chi connectivity index (χ1) is 19.5. The van der Waals surface area contributed by atoms with Gasteiger partial charge in [-0.15, -0.1) is 0 Å². The van der Waals surface area contributed by atoms with Gasteiger partial charge in [0.2, 0.25) is 5.88 Å². The van der Waals surface area contributed by atoms with E-state index >= 15 is 0 Å². The molecule has 1 aliphatic rings. The average molecular weight is 606 g/mol. The molecule has 2 heterocycles. The number of carboxylic acid groups (broad SMARTS) is 1. The number of hydrogen-bond acceptors (Lipinski definition) is 6. The van der Waals surface area contributed by atoms with Gasteiger partial charge in [-0.2, -0.15) is 13.2 Å². The summed E-state index contributed by atoms with van der Waals surface area (Å²) >= 11 is 12.6. The summed E-state index contributed by atoms with van der Waals surface area (Å²) in [5, 5.41) is 16.2. The summed E-state index contributed by atoms with van der Waals surface area (Å²) in [6.07, 6.45) is -2.92. The first-order valence-corrected chi connectivity index (χ1v) is 13.0. The smallest absolute Gasteiger partial charge is 0.435 e. The molecule has 0 saturated heterocycles. The highest BCUT2D eigenvalue weighted by molar-refractivity contribution is 6.36. The van der Waals surface area contributed by atoms with Crippen LogP contribution in [0.4, 0.5) is 18.9 Å². The molecule has 0 radical (unpaired) electrons. The number of nitrogens with zero attached hydrogens (tertiary/aromatic N) is 2. The van der Waals surface area contributed by atoms with Crippen LogP contribution in [0.15, 0.2) is 59.1 Å². The first kappa shape index (κ1) is 28.4. The Balaban J connectivity index is 1.37. The third-order valence-corrected chi connectivity index (χ3v) is 7.11. The van der Waals surface area contributed by atoms with Gasteiger partial charge in [-0.25, -0.2) is 9.78 Å². The number of carbonyl (C=O) groups is 2. The second-order valence-electron chi connectivity index (χ2n) is 9.29. The van der Waals surface area contributed by atoms with Crippen LogP contribution in [0.3, 0.4) is 0 Å². The zero-order valence-electron chi connectivity index (χ0n) is 21.0. The molecule has 0 aliphatic heterocycles. The minimum atomic E-state index is -4.92. The van der Waals surface area contributed by atoms with Crippen LogP contribution < -0.4 is 10.1 Å². The van der Waals surface area contributed by atoms with E-state index in [9.17, 15) is 22.8 Å². The van der Waals surface area contributed by atoms with Crippen LogP contribution in [-0.4, -0.2) is 27.1 Å². The molecule has 5 rings (SSSR count). The van der Waals surface area contributed by atoms with Gasteiger partial charge in [0.1, 0.15) is 12.4 Å². The maximum atomic E-state index is 13.9. The van der Waals surface area contributed by atoms with Crippen molar-refractivity contribution in [2.75, 3.05) is 5.32 Å². The Morgan fingerprint density at radius 1 is 1.00 bits per heavy atom. The van der Waals surface area contributed by atoms with E-state index in [1.165, 1.54) is 30.3 Å². The number of rotatable bonds is 9. The van der Waals surface area contributed by atoms with E-state index in [0.717, 1.165) is 18.9 Å². The molecule has 1 aliphatic carbocycles. The molecule has 2 aromatic carbocycles. The van der Waals surface area contributed by atoms with Crippen molar-refractivity contribution < 1.29 is 37.1 Å². The number of carboxylic acids is 1. The van der Waals surface area contributed by atoms with E-state index in [0.29, 0.717) is 32.6 Å². The molecular weight excluding hydrogens is 586 g/mol. The standard InChI is InChI=1S/C28H20Cl2F3N3O5/c29-19-2-1-3-20(30)17(19)12-22-18(24(41-36-22)14-4-5-14)13-40-23-11-10-21(25(35-23)28(31,32)33)34-26(37)15-6-8-16(9-7-15)27(38)39/h1-3,6-11,14H,4-5,12-13H2,(H,34,37)(H,38,39). The van der Waals surface area contributed by atoms with Crippen molar-refractivity contribution in [1.82, 2.24) is 10.1 Å². The van der Waals surface area contributed by atoms with E-state index in [1.54, 1.807) is 18.2 Å². The molecule has 1 fully saturated rings. The summed E-state index contributed by atoms with van der Waals surface area (Å²) in [6.45, 7) is -0.168. The van der Waals surface area contributed by atoms with Gasteiger partial charge < -0.3 is 19.7 Å². The van der Waals surface area contributed by atoms with Crippen LogP contribution in [0.2, 0.25) is 10.0 Å². The van der Waals surface area contributed by atoms with Gasteiger partial charge in [0.05, 0.1) is 22.5 Å². The maximum absolute atomic E-state index is 13.9. The zero-order chi connectivity index (χ0) is 29.3. The monoisotopic (exact) mass is 605 g/mol. The lowest BCUT2D eigenvalue weighted by Crippen LogP contribution is -2.18. The Morgan fingerprint density at radius 2 is 1.66 bits per heavy atom. The van der Waals surface area contributed by atoms with Gasteiger partial charge in [0.15, 0.2) is 5.69 Å². The summed E-state index contributed by atoms with van der Waals surface area (Å²) in [6, 6.07) is 12.1. The highest BCUT2D eigenvalue weighted by atomic mass is 35.5. The van der Waals surface area contributed by atoms with Crippen molar-refractivity contribution >= 4 is 40.8 Å². The van der Waals surface area contributed by atoms with Gasteiger partial charge in [-0.05, 0) is 60.9 Å². The van der Waals surface area contributed by atoms with Gasteiger partial charge in [0, 0.05) is 34.0 Å². The molecular formula is C28H20Cl2F3N3O5. The number of ether oxygens (including phenoxy) is 1. The highest BCUT2D eigenvalue weighted by Gasteiger charge is 2.37. The molecule has 13 heteroatoms. The normalized spacial score (nSPS) is 13.2. The SMILES string of the molecule is O=C(O)c1ccc(C(=O)Nc2ccc(OCc3c(Cc4c(Cl)cccc4Cl)noc3C3CC3)nc2C(F)(F)F)cc1. The maximum Gasteiger partial charge on any atom is 0.435 e. The number of aromatic nitrogens is 2. The Labute approximate surface area is 241 Å². The molecule has 0 atom stereocenters.